The SMILES string of the molecule is N=C/C(=C\NC1CCN(CCCCCc2cccc3c2c2cccnc2n3C2CCC(=O)NC2=O)CC1)c1cc(-c2ccccc2O)nnc1N. The van der Waals surface area contributed by atoms with Crippen molar-refractivity contribution in [1.29, 1.82) is 5.41 Å². The number of unbranched alkanes of at least 4 members (excludes halogenated alkanes) is 2. The lowest BCUT2D eigenvalue weighted by atomic mass is 10.0. The minimum atomic E-state index is -0.455. The van der Waals surface area contributed by atoms with Gasteiger partial charge in [-0.1, -0.05) is 30.7 Å². The number of benzene rings is 2. The standard InChI is InChI=1S/C39H43N9O3/c40-23-26(30-22-31(45-46-37(30)41)28-10-3-4-13-34(28)49)24-43-27-16-20-47(21-17-27)19-5-1-2-8-25-9-6-12-32-36(25)29-11-7-18-42-38(29)48(32)33-14-15-35(50)44-39(33)51/h3-4,6-7,9-13,18,22-24,27,33,40,43,49H,1-2,5,8,14-17,19-21H2,(H2,41,46)(H,44,50,51)/b26-24+,40-23?. The summed E-state index contributed by atoms with van der Waals surface area (Å²) in [5.41, 5.74) is 11.4. The molecule has 2 aliphatic rings. The summed E-state index contributed by atoms with van der Waals surface area (Å²) >= 11 is 0. The smallest absolute Gasteiger partial charge is 0.249 e. The molecule has 2 fully saturated rings. The number of carbonyl (C=O) groups excluding carboxylic acids is 2. The van der Waals surface area contributed by atoms with Gasteiger partial charge in [0, 0.05) is 71.6 Å². The van der Waals surface area contributed by atoms with E-state index in [0.29, 0.717) is 41.3 Å². The number of pyridine rings is 1. The molecule has 0 saturated carbocycles. The number of allylic oxidation sites excluding steroid dienone is 1. The lowest BCUT2D eigenvalue weighted by molar-refractivity contribution is -0.135. The Bertz CT molecular complexity index is 2120. The summed E-state index contributed by atoms with van der Waals surface area (Å²) in [6, 6.07) is 18.9. The summed E-state index contributed by atoms with van der Waals surface area (Å²) in [5.74, 6) is -0.144. The van der Waals surface area contributed by atoms with Crippen LogP contribution in [0.2, 0.25) is 0 Å². The Hall–Kier alpha value is -5.62. The topological polar surface area (TPSA) is 175 Å². The zero-order chi connectivity index (χ0) is 35.3. The number of carbonyl (C=O) groups is 2. The third kappa shape index (κ3) is 7.18. The van der Waals surface area contributed by atoms with Gasteiger partial charge in [0.25, 0.3) is 0 Å². The quantitative estimate of drug-likeness (QED) is 0.0657. The van der Waals surface area contributed by atoms with Crippen LogP contribution in [0.4, 0.5) is 5.82 Å². The van der Waals surface area contributed by atoms with Crippen LogP contribution in [0.5, 0.6) is 5.75 Å². The number of phenols is 1. The highest BCUT2D eigenvalue weighted by Gasteiger charge is 2.31. The fourth-order valence-electron chi connectivity index (χ4n) is 7.46. The van der Waals surface area contributed by atoms with Crippen molar-refractivity contribution in [2.75, 3.05) is 25.4 Å². The highest BCUT2D eigenvalue weighted by Crippen LogP contribution is 2.36. The van der Waals surface area contributed by atoms with Crippen LogP contribution in [0, 0.1) is 5.41 Å². The van der Waals surface area contributed by atoms with Crippen molar-refractivity contribution < 1.29 is 14.7 Å². The number of para-hydroxylation sites is 1. The van der Waals surface area contributed by atoms with Gasteiger partial charge in [0.2, 0.25) is 11.8 Å². The molecule has 6 N–H and O–H groups in total. The molecule has 12 nitrogen and oxygen atoms in total. The Morgan fingerprint density at radius 3 is 2.67 bits per heavy atom. The molecule has 0 radical (unpaired) electrons. The van der Waals surface area contributed by atoms with Crippen molar-refractivity contribution in [1.82, 2.24) is 35.3 Å². The van der Waals surface area contributed by atoms with Gasteiger partial charge in [-0.2, -0.15) is 0 Å². The number of piperidine rings is 2. The van der Waals surface area contributed by atoms with Crippen LogP contribution in [0.25, 0.3) is 38.8 Å². The summed E-state index contributed by atoms with van der Waals surface area (Å²) in [6.45, 7) is 3.08. The van der Waals surface area contributed by atoms with E-state index in [1.165, 1.54) is 11.8 Å². The molecule has 0 spiro atoms. The first-order chi connectivity index (χ1) is 24.9. The van der Waals surface area contributed by atoms with E-state index in [2.05, 4.69) is 55.0 Å². The van der Waals surface area contributed by atoms with Crippen LogP contribution in [0.1, 0.15) is 62.1 Å². The zero-order valence-corrected chi connectivity index (χ0v) is 28.5. The number of nitrogen functional groups attached to an aromatic ring is 1. The summed E-state index contributed by atoms with van der Waals surface area (Å²) in [6.07, 6.45) is 11.9. The predicted molar refractivity (Wildman–Crippen MR) is 199 cm³/mol. The third-order valence-corrected chi connectivity index (χ3v) is 10.1. The van der Waals surface area contributed by atoms with Crippen LogP contribution in [0.3, 0.4) is 0 Å². The number of phenolic OH excluding ortho intramolecular Hbond substituents is 1. The number of hydrogen-bond acceptors (Lipinski definition) is 10. The first-order valence-electron chi connectivity index (χ1n) is 17.7. The van der Waals surface area contributed by atoms with Gasteiger partial charge in [0.05, 0.1) is 11.2 Å². The van der Waals surface area contributed by atoms with Gasteiger partial charge >= 0.3 is 0 Å². The van der Waals surface area contributed by atoms with E-state index in [-0.39, 0.29) is 23.4 Å². The maximum Gasteiger partial charge on any atom is 0.249 e. The third-order valence-electron chi connectivity index (χ3n) is 10.1. The molecule has 12 heteroatoms. The van der Waals surface area contributed by atoms with Gasteiger partial charge in [-0.05, 0) is 87.0 Å². The second-order valence-electron chi connectivity index (χ2n) is 13.4. The number of nitrogens with one attached hydrogen (secondary N) is 3. The number of fused-ring (bicyclic) bond motifs is 3. The lowest BCUT2D eigenvalue weighted by Gasteiger charge is -2.32. The monoisotopic (exact) mass is 685 g/mol. The number of aromatic hydroxyl groups is 1. The molecule has 51 heavy (non-hydrogen) atoms. The second-order valence-corrected chi connectivity index (χ2v) is 13.4. The minimum absolute atomic E-state index is 0.108. The summed E-state index contributed by atoms with van der Waals surface area (Å²) < 4.78 is 2.02. The molecule has 2 aromatic carbocycles. The first-order valence-corrected chi connectivity index (χ1v) is 17.7. The molecule has 5 aromatic rings. The average molecular weight is 686 g/mol. The van der Waals surface area contributed by atoms with Crippen LogP contribution < -0.4 is 16.4 Å². The summed E-state index contributed by atoms with van der Waals surface area (Å²) in [5, 5.41) is 34.8. The second kappa shape index (κ2) is 15.1. The van der Waals surface area contributed by atoms with Crippen LogP contribution in [-0.2, 0) is 16.0 Å². The lowest BCUT2D eigenvalue weighted by Crippen LogP contribution is -2.41. The van der Waals surface area contributed by atoms with Crippen molar-refractivity contribution in [3.63, 3.8) is 0 Å². The number of imide groups is 1. The summed E-state index contributed by atoms with van der Waals surface area (Å²) in [7, 11) is 0. The minimum Gasteiger partial charge on any atom is -0.507 e. The molecular formula is C39H43N9O3. The molecule has 1 unspecified atom stereocenters. The van der Waals surface area contributed by atoms with Crippen molar-refractivity contribution in [2.45, 2.75) is 63.5 Å². The molecule has 2 aliphatic heterocycles. The van der Waals surface area contributed by atoms with E-state index in [4.69, 9.17) is 11.1 Å². The molecule has 7 rings (SSSR count). The van der Waals surface area contributed by atoms with Crippen LogP contribution in [-0.4, -0.2) is 73.5 Å². The van der Waals surface area contributed by atoms with Crippen molar-refractivity contribution in [3.05, 3.63) is 84.2 Å². The Labute approximate surface area is 296 Å². The molecule has 5 heterocycles. The Morgan fingerprint density at radius 1 is 1.02 bits per heavy atom. The Balaban J connectivity index is 0.913. The fraction of sp³-hybridized carbons (Fsp3) is 0.333. The van der Waals surface area contributed by atoms with Gasteiger partial charge in [-0.25, -0.2) is 4.98 Å². The predicted octanol–water partition coefficient (Wildman–Crippen LogP) is 5.37. The maximum absolute atomic E-state index is 12.9. The molecule has 3 aromatic heterocycles. The largest absolute Gasteiger partial charge is 0.507 e. The van der Waals surface area contributed by atoms with E-state index in [1.807, 2.05) is 22.9 Å². The van der Waals surface area contributed by atoms with Crippen LogP contribution >= 0.6 is 0 Å². The highest BCUT2D eigenvalue weighted by molar-refractivity contribution is 6.11. The molecule has 0 aliphatic carbocycles. The number of aromatic nitrogens is 4. The highest BCUT2D eigenvalue weighted by atomic mass is 16.3. The Morgan fingerprint density at radius 2 is 1.86 bits per heavy atom. The number of hydrogen-bond donors (Lipinski definition) is 5. The zero-order valence-electron chi connectivity index (χ0n) is 28.5. The van der Waals surface area contributed by atoms with Crippen molar-refractivity contribution >= 4 is 51.4 Å². The number of amides is 2. The van der Waals surface area contributed by atoms with E-state index in [1.54, 1.807) is 30.5 Å². The molecular weight excluding hydrogens is 642 g/mol. The first kappa shape index (κ1) is 33.9. The van der Waals surface area contributed by atoms with E-state index in [9.17, 15) is 14.7 Å². The maximum atomic E-state index is 12.9. The molecule has 1 atom stereocenters. The Kier molecular flexibility index (Phi) is 10.0. The van der Waals surface area contributed by atoms with Gasteiger partial charge in [-0.3, -0.25) is 14.9 Å². The van der Waals surface area contributed by atoms with Gasteiger partial charge in [0.15, 0.2) is 5.82 Å². The van der Waals surface area contributed by atoms with E-state index >= 15 is 0 Å². The number of likely N-dealkylation sites (tertiary alicyclic amines) is 1. The molecule has 2 saturated heterocycles. The van der Waals surface area contributed by atoms with Crippen molar-refractivity contribution in [2.24, 2.45) is 0 Å². The molecule has 262 valence electrons. The number of aryl methyl sites for hydroxylation is 1. The van der Waals surface area contributed by atoms with Gasteiger partial charge in [0.1, 0.15) is 17.4 Å². The summed E-state index contributed by atoms with van der Waals surface area (Å²) in [4.78, 5) is 31.9. The van der Waals surface area contributed by atoms with Gasteiger partial charge in [-0.15, -0.1) is 10.2 Å². The average Bonchev–Trinajstić information content (AvgIpc) is 3.48. The number of rotatable bonds is 12. The number of nitrogens with zero attached hydrogens (tertiary/aromatic N) is 5. The fourth-order valence-corrected chi connectivity index (χ4v) is 7.46. The normalized spacial score (nSPS) is 17.6. The van der Waals surface area contributed by atoms with Crippen LogP contribution in [0.15, 0.2) is 73.1 Å². The molecule has 0 bridgehead atoms. The van der Waals surface area contributed by atoms with E-state index in [0.717, 1.165) is 80.1 Å². The van der Waals surface area contributed by atoms with Crippen molar-refractivity contribution in [3.8, 4) is 17.0 Å². The molecule has 2 amide bonds. The van der Waals surface area contributed by atoms with E-state index < -0.39 is 6.04 Å². The number of nitrogens with two attached hydrogens (primary N) is 1. The number of anilines is 1. The van der Waals surface area contributed by atoms with Gasteiger partial charge < -0.3 is 31.0 Å².